The molecule has 1 aromatic rings. The molecule has 1 heterocycles. The second-order valence-corrected chi connectivity index (χ2v) is 6.77. The van der Waals surface area contributed by atoms with Crippen molar-refractivity contribution in [1.82, 2.24) is 9.80 Å². The Labute approximate surface area is 142 Å². The van der Waals surface area contributed by atoms with E-state index in [1.54, 1.807) is 36.2 Å². The van der Waals surface area contributed by atoms with Crippen LogP contribution in [0, 0.1) is 17.2 Å². The highest BCUT2D eigenvalue weighted by atomic mass is 16.3. The molecule has 0 spiro atoms. The Hall–Kier alpha value is -1.94. The number of likely N-dealkylation sites (N-methyl/N-ethyl adjacent to an activating group) is 1. The lowest BCUT2D eigenvalue weighted by Gasteiger charge is -2.34. The summed E-state index contributed by atoms with van der Waals surface area (Å²) in [5, 5.41) is 28.2. The summed E-state index contributed by atoms with van der Waals surface area (Å²) >= 11 is 0. The van der Waals surface area contributed by atoms with Crippen LogP contribution in [0.25, 0.3) is 0 Å². The molecule has 1 aromatic carbocycles. The highest BCUT2D eigenvalue weighted by molar-refractivity contribution is 5.94. The van der Waals surface area contributed by atoms with Gasteiger partial charge in [-0.05, 0) is 30.2 Å². The number of aliphatic hydroxyl groups excluding tert-OH is 2. The summed E-state index contributed by atoms with van der Waals surface area (Å²) in [6.07, 6.45) is -1.45. The lowest BCUT2D eigenvalue weighted by molar-refractivity contribution is 0.0572. The second-order valence-electron chi connectivity index (χ2n) is 6.77. The maximum atomic E-state index is 12.7. The Balaban J connectivity index is 2.09. The van der Waals surface area contributed by atoms with Gasteiger partial charge in [-0.1, -0.05) is 13.8 Å². The van der Waals surface area contributed by atoms with Crippen molar-refractivity contribution in [2.45, 2.75) is 32.1 Å². The fraction of sp³-hybridized carbons (Fsp3) is 0.556. The third-order valence-corrected chi connectivity index (χ3v) is 4.63. The molecule has 3 atom stereocenters. The first-order valence-corrected chi connectivity index (χ1v) is 8.19. The van der Waals surface area contributed by atoms with E-state index in [1.165, 1.54) is 0 Å². The van der Waals surface area contributed by atoms with E-state index in [0.717, 1.165) is 0 Å². The third-order valence-electron chi connectivity index (χ3n) is 4.63. The van der Waals surface area contributed by atoms with Crippen LogP contribution in [-0.4, -0.2) is 70.9 Å². The summed E-state index contributed by atoms with van der Waals surface area (Å²) in [6.45, 7) is 5.54. The molecule has 130 valence electrons. The molecule has 1 aliphatic rings. The number of carbonyl (C=O) groups is 1. The van der Waals surface area contributed by atoms with Crippen LogP contribution in [0.1, 0.15) is 29.8 Å². The molecule has 6 nitrogen and oxygen atoms in total. The fourth-order valence-electron chi connectivity index (χ4n) is 3.08. The van der Waals surface area contributed by atoms with Gasteiger partial charge < -0.3 is 15.1 Å². The van der Waals surface area contributed by atoms with Gasteiger partial charge in [0, 0.05) is 38.3 Å². The lowest BCUT2D eigenvalue weighted by atomic mass is 10.0. The van der Waals surface area contributed by atoms with E-state index in [-0.39, 0.29) is 17.9 Å². The maximum absolute atomic E-state index is 12.7. The number of β-amino-alcohol motifs (C(OH)–C–C–N with tert-alkyl or cyclic N) is 2. The average Bonchev–Trinajstić information content (AvgIpc) is 2.89. The number of hydrogen-bond donors (Lipinski definition) is 2. The lowest BCUT2D eigenvalue weighted by Crippen LogP contribution is -2.47. The highest BCUT2D eigenvalue weighted by Crippen LogP contribution is 2.18. The molecule has 1 aliphatic heterocycles. The first-order valence-electron chi connectivity index (χ1n) is 8.19. The zero-order chi connectivity index (χ0) is 17.9. The van der Waals surface area contributed by atoms with E-state index in [0.29, 0.717) is 30.8 Å². The molecule has 0 radical (unpaired) electrons. The van der Waals surface area contributed by atoms with Gasteiger partial charge in [0.15, 0.2) is 0 Å². The Morgan fingerprint density at radius 1 is 1.29 bits per heavy atom. The largest absolute Gasteiger partial charge is 0.389 e. The maximum Gasteiger partial charge on any atom is 0.253 e. The van der Waals surface area contributed by atoms with Crippen LogP contribution >= 0.6 is 0 Å². The van der Waals surface area contributed by atoms with Crippen molar-refractivity contribution in [3.05, 3.63) is 35.4 Å². The van der Waals surface area contributed by atoms with Gasteiger partial charge >= 0.3 is 0 Å². The summed E-state index contributed by atoms with van der Waals surface area (Å²) in [5.41, 5.74) is 1.07. The molecule has 1 fully saturated rings. The topological polar surface area (TPSA) is 87.8 Å². The number of nitrogens with zero attached hydrogens (tertiary/aromatic N) is 3. The highest BCUT2D eigenvalue weighted by Gasteiger charge is 2.33. The summed E-state index contributed by atoms with van der Waals surface area (Å²) < 4.78 is 0. The number of aliphatic hydroxyl groups is 2. The van der Waals surface area contributed by atoms with Gasteiger partial charge in [-0.15, -0.1) is 0 Å². The number of benzene rings is 1. The van der Waals surface area contributed by atoms with Gasteiger partial charge in [-0.2, -0.15) is 5.26 Å². The number of amides is 1. The van der Waals surface area contributed by atoms with Gasteiger partial charge in [-0.3, -0.25) is 9.69 Å². The first kappa shape index (κ1) is 18.4. The molecule has 0 aliphatic carbocycles. The molecule has 1 saturated heterocycles. The molecule has 0 saturated carbocycles. The normalized spacial score (nSPS) is 22.4. The predicted molar refractivity (Wildman–Crippen MR) is 90.3 cm³/mol. The van der Waals surface area contributed by atoms with E-state index >= 15 is 0 Å². The average molecular weight is 331 g/mol. The number of nitriles is 1. The number of hydrogen-bond acceptors (Lipinski definition) is 5. The molecular weight excluding hydrogens is 306 g/mol. The minimum Gasteiger partial charge on any atom is -0.389 e. The Morgan fingerprint density at radius 3 is 2.29 bits per heavy atom. The minimum atomic E-state index is -0.725. The standard InChI is InChI=1S/C18H25N3O3/c1-12(2)15(9-21-10-16(22)17(23)11-21)20(3)18(24)14-6-4-13(8-19)5-7-14/h4-7,12,15-17,22-23H,9-11H2,1-3H3/t15-,16+,17+/m1/s1. The number of likely N-dealkylation sites (tertiary alicyclic amines) is 1. The Bertz CT molecular complexity index is 599. The Morgan fingerprint density at radius 2 is 1.83 bits per heavy atom. The van der Waals surface area contributed by atoms with Crippen LogP contribution in [0.5, 0.6) is 0 Å². The van der Waals surface area contributed by atoms with E-state index in [9.17, 15) is 15.0 Å². The molecule has 0 unspecified atom stereocenters. The molecule has 2 N–H and O–H groups in total. The summed E-state index contributed by atoms with van der Waals surface area (Å²) in [4.78, 5) is 16.4. The summed E-state index contributed by atoms with van der Waals surface area (Å²) in [7, 11) is 1.77. The quantitative estimate of drug-likeness (QED) is 0.829. The molecule has 24 heavy (non-hydrogen) atoms. The van der Waals surface area contributed by atoms with Crippen LogP contribution in [0.2, 0.25) is 0 Å². The number of carbonyl (C=O) groups excluding carboxylic acids is 1. The van der Waals surface area contributed by atoms with Crippen LogP contribution in [0.15, 0.2) is 24.3 Å². The van der Waals surface area contributed by atoms with Gasteiger partial charge in [0.05, 0.1) is 23.8 Å². The van der Waals surface area contributed by atoms with Gasteiger partial charge in [-0.25, -0.2) is 0 Å². The van der Waals surface area contributed by atoms with Crippen molar-refractivity contribution < 1.29 is 15.0 Å². The van der Waals surface area contributed by atoms with Crippen LogP contribution < -0.4 is 0 Å². The van der Waals surface area contributed by atoms with Crippen molar-refractivity contribution in [3.8, 4) is 6.07 Å². The minimum absolute atomic E-state index is 0.0364. The van der Waals surface area contributed by atoms with E-state index in [1.807, 2.05) is 11.0 Å². The van der Waals surface area contributed by atoms with Gasteiger partial charge in [0.2, 0.25) is 0 Å². The number of rotatable bonds is 5. The molecule has 0 bridgehead atoms. The van der Waals surface area contributed by atoms with Crippen LogP contribution in [0.3, 0.4) is 0 Å². The van der Waals surface area contributed by atoms with E-state index in [4.69, 9.17) is 5.26 Å². The van der Waals surface area contributed by atoms with Crippen molar-refractivity contribution in [3.63, 3.8) is 0 Å². The van der Waals surface area contributed by atoms with Crippen molar-refractivity contribution in [2.75, 3.05) is 26.7 Å². The predicted octanol–water partition coefficient (Wildman–Crippen LogP) is 0.692. The molecule has 6 heteroatoms. The summed E-state index contributed by atoms with van der Waals surface area (Å²) in [5.74, 6) is 0.130. The molecule has 2 rings (SSSR count). The van der Waals surface area contributed by atoms with E-state index < -0.39 is 12.2 Å². The van der Waals surface area contributed by atoms with Crippen molar-refractivity contribution >= 4 is 5.91 Å². The second kappa shape index (κ2) is 7.75. The SMILES string of the molecule is CC(C)[C@@H](CN1C[C@H](O)[C@@H](O)C1)N(C)C(=O)c1ccc(C#N)cc1. The molecule has 0 aromatic heterocycles. The van der Waals surface area contributed by atoms with Crippen LogP contribution in [-0.2, 0) is 0 Å². The molecular formula is C18H25N3O3. The van der Waals surface area contributed by atoms with Crippen molar-refractivity contribution in [1.29, 1.82) is 5.26 Å². The Kier molecular flexibility index (Phi) is 5.94. The third kappa shape index (κ3) is 4.12. The van der Waals surface area contributed by atoms with Gasteiger partial charge in [0.1, 0.15) is 0 Å². The zero-order valence-electron chi connectivity index (χ0n) is 14.4. The monoisotopic (exact) mass is 331 g/mol. The fourth-order valence-corrected chi connectivity index (χ4v) is 3.08. The van der Waals surface area contributed by atoms with Crippen molar-refractivity contribution in [2.24, 2.45) is 5.92 Å². The van der Waals surface area contributed by atoms with Gasteiger partial charge in [0.25, 0.3) is 5.91 Å². The first-order chi connectivity index (χ1) is 11.3. The van der Waals surface area contributed by atoms with E-state index in [2.05, 4.69) is 13.8 Å². The summed E-state index contributed by atoms with van der Waals surface area (Å²) in [6, 6.07) is 8.61. The molecule has 1 amide bonds. The zero-order valence-corrected chi connectivity index (χ0v) is 14.4. The smallest absolute Gasteiger partial charge is 0.253 e. The van der Waals surface area contributed by atoms with Crippen LogP contribution in [0.4, 0.5) is 0 Å².